The highest BCUT2D eigenvalue weighted by atomic mass is 14.6. The summed E-state index contributed by atoms with van der Waals surface area (Å²) in [5.41, 5.74) is 14.1. The first kappa shape index (κ1) is 10.4. The van der Waals surface area contributed by atoms with E-state index >= 15 is 0 Å². The number of hydrogen-bond acceptors (Lipinski definition) is 1. The molecule has 0 amide bonds. The van der Waals surface area contributed by atoms with Gasteiger partial charge in [-0.2, -0.15) is 0 Å². The minimum absolute atomic E-state index is 0.957. The van der Waals surface area contributed by atoms with Crippen LogP contribution in [-0.4, -0.2) is 0 Å². The van der Waals surface area contributed by atoms with Gasteiger partial charge in [-0.25, -0.2) is 0 Å². The predicted octanol–water partition coefficient (Wildman–Crippen LogP) is 3.79. The van der Waals surface area contributed by atoms with Crippen molar-refractivity contribution in [3.8, 4) is 11.1 Å². The van der Waals surface area contributed by atoms with Crippen molar-refractivity contribution < 1.29 is 0 Å². The van der Waals surface area contributed by atoms with Gasteiger partial charge in [0.2, 0.25) is 0 Å². The summed E-state index contributed by atoms with van der Waals surface area (Å²) in [6, 6.07) is 12.9. The van der Waals surface area contributed by atoms with Crippen molar-refractivity contribution in [1.82, 2.24) is 0 Å². The first-order valence-electron chi connectivity index (χ1n) is 6.29. The lowest BCUT2D eigenvalue weighted by molar-refractivity contribution is 0.911. The molecule has 2 aromatic rings. The Hall–Kier alpha value is -1.76. The fraction of sp³-hybridized carbons (Fsp3) is 0.250. The maximum Gasteiger partial charge on any atom is 0.0349 e. The van der Waals surface area contributed by atoms with E-state index in [1.54, 1.807) is 0 Å². The van der Waals surface area contributed by atoms with Crippen LogP contribution in [0.5, 0.6) is 0 Å². The zero-order chi connectivity index (χ0) is 11.8. The fourth-order valence-electron chi connectivity index (χ4n) is 2.84. The third kappa shape index (κ3) is 1.54. The average Bonchev–Trinajstić information content (AvgIpc) is 2.72. The normalized spacial score (nSPS) is 12.3. The molecule has 2 aromatic carbocycles. The van der Waals surface area contributed by atoms with Gasteiger partial charge in [-0.3, -0.25) is 0 Å². The van der Waals surface area contributed by atoms with Gasteiger partial charge in [0.25, 0.3) is 0 Å². The van der Waals surface area contributed by atoms with Crippen molar-refractivity contribution in [2.24, 2.45) is 0 Å². The maximum atomic E-state index is 6.11. The molecule has 1 aliphatic rings. The Bertz CT molecular complexity index is 570. The molecule has 0 bridgehead atoms. The van der Waals surface area contributed by atoms with E-state index in [1.165, 1.54) is 27.8 Å². The summed E-state index contributed by atoms with van der Waals surface area (Å²) in [5.74, 6) is 0. The van der Waals surface area contributed by atoms with Gasteiger partial charge >= 0.3 is 0 Å². The number of nitrogen functional groups attached to an aromatic ring is 1. The smallest absolute Gasteiger partial charge is 0.0349 e. The quantitative estimate of drug-likeness (QED) is 0.657. The van der Waals surface area contributed by atoms with E-state index in [9.17, 15) is 0 Å². The Kier molecular flexibility index (Phi) is 2.40. The van der Waals surface area contributed by atoms with Crippen molar-refractivity contribution in [1.29, 1.82) is 0 Å². The van der Waals surface area contributed by atoms with Crippen molar-refractivity contribution >= 4 is 5.69 Å². The van der Waals surface area contributed by atoms with Crippen LogP contribution >= 0.6 is 0 Å². The molecular formula is C16H17N. The monoisotopic (exact) mass is 223 g/mol. The second-order valence-corrected chi connectivity index (χ2v) is 4.74. The lowest BCUT2D eigenvalue weighted by atomic mass is 9.96. The van der Waals surface area contributed by atoms with E-state index in [0.29, 0.717) is 0 Å². The number of benzene rings is 2. The lowest BCUT2D eigenvalue weighted by Gasteiger charge is -2.10. The number of hydrogen-bond donors (Lipinski definition) is 1. The largest absolute Gasteiger partial charge is 0.398 e. The second-order valence-electron chi connectivity index (χ2n) is 4.74. The van der Waals surface area contributed by atoms with E-state index in [1.807, 2.05) is 0 Å². The van der Waals surface area contributed by atoms with Crippen LogP contribution < -0.4 is 5.73 Å². The lowest BCUT2D eigenvalue weighted by Crippen LogP contribution is -1.99. The summed E-state index contributed by atoms with van der Waals surface area (Å²) in [6.45, 7) is 2.21. The molecule has 0 atom stereocenters. The van der Waals surface area contributed by atoms with Crippen LogP contribution in [0.4, 0.5) is 5.69 Å². The maximum absolute atomic E-state index is 6.11. The number of fused-ring (bicyclic) bond motifs is 3. The molecular weight excluding hydrogens is 206 g/mol. The van der Waals surface area contributed by atoms with Crippen molar-refractivity contribution in [3.05, 3.63) is 53.1 Å². The molecule has 1 nitrogen and oxygen atoms in total. The van der Waals surface area contributed by atoms with Gasteiger partial charge in [-0.05, 0) is 46.7 Å². The Morgan fingerprint density at radius 2 is 1.88 bits per heavy atom. The molecule has 0 unspecified atom stereocenters. The standard InChI is InChI=1S/C16H17N/c1-2-5-14-15-10-11-6-3-4-7-12(11)13(15)8-9-16(14)17/h3-4,6-9H,2,5,10,17H2,1H3. The summed E-state index contributed by atoms with van der Waals surface area (Å²) >= 11 is 0. The van der Waals surface area contributed by atoms with Gasteiger partial charge in [-0.1, -0.05) is 43.7 Å². The van der Waals surface area contributed by atoms with Gasteiger partial charge in [0.1, 0.15) is 0 Å². The van der Waals surface area contributed by atoms with Gasteiger partial charge in [-0.15, -0.1) is 0 Å². The average molecular weight is 223 g/mol. The number of rotatable bonds is 2. The SMILES string of the molecule is CCCc1c(N)ccc2c1Cc1ccccc1-2. The van der Waals surface area contributed by atoms with E-state index in [0.717, 1.165) is 24.9 Å². The Labute approximate surface area is 102 Å². The second kappa shape index (κ2) is 3.92. The van der Waals surface area contributed by atoms with Crippen LogP contribution in [0.15, 0.2) is 36.4 Å². The van der Waals surface area contributed by atoms with Crippen LogP contribution in [-0.2, 0) is 12.8 Å². The van der Waals surface area contributed by atoms with E-state index in [-0.39, 0.29) is 0 Å². The van der Waals surface area contributed by atoms with Crippen LogP contribution in [0.25, 0.3) is 11.1 Å². The summed E-state index contributed by atoms with van der Waals surface area (Å²) in [4.78, 5) is 0. The minimum Gasteiger partial charge on any atom is -0.398 e. The van der Waals surface area contributed by atoms with E-state index in [4.69, 9.17) is 5.73 Å². The highest BCUT2D eigenvalue weighted by Crippen LogP contribution is 2.40. The predicted molar refractivity (Wildman–Crippen MR) is 73.1 cm³/mol. The molecule has 0 radical (unpaired) electrons. The number of nitrogens with two attached hydrogens (primary N) is 1. The Balaban J connectivity index is 2.20. The fourth-order valence-corrected chi connectivity index (χ4v) is 2.84. The van der Waals surface area contributed by atoms with Crippen molar-refractivity contribution in [2.75, 3.05) is 5.73 Å². The van der Waals surface area contributed by atoms with Crippen LogP contribution in [0.2, 0.25) is 0 Å². The zero-order valence-corrected chi connectivity index (χ0v) is 10.2. The van der Waals surface area contributed by atoms with Gasteiger partial charge < -0.3 is 5.73 Å². The first-order valence-corrected chi connectivity index (χ1v) is 6.29. The zero-order valence-electron chi connectivity index (χ0n) is 10.2. The van der Waals surface area contributed by atoms with Crippen molar-refractivity contribution in [3.63, 3.8) is 0 Å². The summed E-state index contributed by atoms with van der Waals surface area (Å²) in [5, 5.41) is 0. The van der Waals surface area contributed by atoms with Gasteiger partial charge in [0.05, 0.1) is 0 Å². The molecule has 0 fully saturated rings. The van der Waals surface area contributed by atoms with Crippen LogP contribution in [0.1, 0.15) is 30.0 Å². The van der Waals surface area contributed by atoms with Crippen LogP contribution in [0.3, 0.4) is 0 Å². The molecule has 2 N–H and O–H groups in total. The number of anilines is 1. The Morgan fingerprint density at radius 1 is 1.06 bits per heavy atom. The molecule has 0 aliphatic heterocycles. The topological polar surface area (TPSA) is 26.0 Å². The van der Waals surface area contributed by atoms with E-state index < -0.39 is 0 Å². The highest BCUT2D eigenvalue weighted by Gasteiger charge is 2.21. The summed E-state index contributed by atoms with van der Waals surface area (Å²) in [6.07, 6.45) is 3.28. The molecule has 1 heteroatoms. The molecule has 3 rings (SSSR count). The molecule has 0 spiro atoms. The molecule has 17 heavy (non-hydrogen) atoms. The molecule has 0 aromatic heterocycles. The van der Waals surface area contributed by atoms with Crippen LogP contribution in [0, 0.1) is 0 Å². The third-order valence-electron chi connectivity index (χ3n) is 3.64. The van der Waals surface area contributed by atoms with Gasteiger partial charge in [0.15, 0.2) is 0 Å². The highest BCUT2D eigenvalue weighted by molar-refractivity contribution is 5.80. The molecule has 1 aliphatic carbocycles. The van der Waals surface area contributed by atoms with Crippen molar-refractivity contribution in [2.45, 2.75) is 26.2 Å². The summed E-state index contributed by atoms with van der Waals surface area (Å²) < 4.78 is 0. The van der Waals surface area contributed by atoms with Gasteiger partial charge in [0, 0.05) is 5.69 Å². The Morgan fingerprint density at radius 3 is 2.71 bits per heavy atom. The third-order valence-corrected chi connectivity index (χ3v) is 3.64. The molecule has 0 saturated carbocycles. The first-order chi connectivity index (χ1) is 8.31. The molecule has 86 valence electrons. The van der Waals surface area contributed by atoms with E-state index in [2.05, 4.69) is 43.3 Å². The molecule has 0 saturated heterocycles. The minimum atomic E-state index is 0.957. The summed E-state index contributed by atoms with van der Waals surface area (Å²) in [7, 11) is 0. The molecule has 0 heterocycles.